The second-order valence-corrected chi connectivity index (χ2v) is 5.23. The van der Waals surface area contributed by atoms with Crippen molar-refractivity contribution in [3.8, 4) is 0 Å². The van der Waals surface area contributed by atoms with Gasteiger partial charge in [0.1, 0.15) is 0 Å². The first kappa shape index (κ1) is 13.8. The van der Waals surface area contributed by atoms with Crippen molar-refractivity contribution in [3.05, 3.63) is 57.8 Å². The predicted molar refractivity (Wildman–Crippen MR) is 77.5 cm³/mol. The van der Waals surface area contributed by atoms with E-state index in [1.54, 1.807) is 11.3 Å². The van der Waals surface area contributed by atoms with Crippen LogP contribution in [-0.2, 0) is 24.2 Å². The lowest BCUT2D eigenvalue weighted by molar-refractivity contribution is -0.136. The monoisotopic (exact) mass is 275 g/mol. The Hall–Kier alpha value is -1.65. The lowest BCUT2D eigenvalue weighted by atomic mass is 10.1. The number of carboxylic acids is 1. The molecule has 0 spiro atoms. The third kappa shape index (κ3) is 4.85. The summed E-state index contributed by atoms with van der Waals surface area (Å²) < 4.78 is 0. The molecule has 0 aliphatic rings. The van der Waals surface area contributed by atoms with Gasteiger partial charge in [0.05, 0.1) is 6.42 Å². The summed E-state index contributed by atoms with van der Waals surface area (Å²) in [6.45, 7) is 1.77. The van der Waals surface area contributed by atoms with E-state index < -0.39 is 5.97 Å². The topological polar surface area (TPSA) is 49.3 Å². The van der Waals surface area contributed by atoms with Crippen molar-refractivity contribution >= 4 is 17.3 Å². The quantitative estimate of drug-likeness (QED) is 0.764. The fourth-order valence-corrected chi connectivity index (χ4v) is 2.55. The number of thiophene rings is 1. The second kappa shape index (κ2) is 7.07. The first-order chi connectivity index (χ1) is 9.24. The van der Waals surface area contributed by atoms with E-state index in [9.17, 15) is 4.79 Å². The van der Waals surface area contributed by atoms with Crippen molar-refractivity contribution in [3.63, 3.8) is 0 Å². The number of benzene rings is 1. The molecule has 2 N–H and O–H groups in total. The smallest absolute Gasteiger partial charge is 0.307 e. The first-order valence-corrected chi connectivity index (χ1v) is 7.20. The molecule has 0 aliphatic heterocycles. The van der Waals surface area contributed by atoms with Gasteiger partial charge in [-0.2, -0.15) is 11.3 Å². The Morgan fingerprint density at radius 3 is 2.47 bits per heavy atom. The highest BCUT2D eigenvalue weighted by Gasteiger charge is 2.00. The number of hydrogen-bond acceptors (Lipinski definition) is 3. The van der Waals surface area contributed by atoms with Crippen molar-refractivity contribution < 1.29 is 9.90 Å². The van der Waals surface area contributed by atoms with Gasteiger partial charge in [0.15, 0.2) is 0 Å². The number of nitrogens with one attached hydrogen (secondary N) is 1. The number of carboxylic acid groups (broad SMARTS) is 1. The van der Waals surface area contributed by atoms with Gasteiger partial charge in [-0.05, 0) is 46.5 Å². The molecule has 0 aliphatic carbocycles. The molecule has 0 bridgehead atoms. The molecule has 1 aromatic carbocycles. The van der Waals surface area contributed by atoms with E-state index >= 15 is 0 Å². The van der Waals surface area contributed by atoms with E-state index in [4.69, 9.17) is 5.11 Å². The van der Waals surface area contributed by atoms with Crippen LogP contribution in [0.3, 0.4) is 0 Å². The molecule has 19 heavy (non-hydrogen) atoms. The normalized spacial score (nSPS) is 10.5. The van der Waals surface area contributed by atoms with Crippen molar-refractivity contribution in [1.82, 2.24) is 5.32 Å². The maximum atomic E-state index is 10.6. The van der Waals surface area contributed by atoms with E-state index in [2.05, 4.69) is 22.1 Å². The summed E-state index contributed by atoms with van der Waals surface area (Å²) in [5.74, 6) is -0.790. The van der Waals surface area contributed by atoms with E-state index in [0.717, 1.165) is 25.1 Å². The number of hydrogen-bond donors (Lipinski definition) is 2. The minimum atomic E-state index is -0.790. The summed E-state index contributed by atoms with van der Waals surface area (Å²) in [6.07, 6.45) is 1.13. The van der Waals surface area contributed by atoms with Crippen LogP contribution >= 0.6 is 11.3 Å². The zero-order chi connectivity index (χ0) is 13.5. The zero-order valence-electron chi connectivity index (χ0n) is 10.6. The van der Waals surface area contributed by atoms with Crippen molar-refractivity contribution in [2.45, 2.75) is 19.4 Å². The molecule has 0 unspecified atom stereocenters. The Balaban J connectivity index is 1.72. The third-order valence-electron chi connectivity index (χ3n) is 2.88. The van der Waals surface area contributed by atoms with Gasteiger partial charge < -0.3 is 10.4 Å². The van der Waals surface area contributed by atoms with Crippen LogP contribution in [0.25, 0.3) is 0 Å². The van der Waals surface area contributed by atoms with Crippen LogP contribution in [0, 0.1) is 0 Å². The number of rotatable bonds is 7. The Morgan fingerprint density at radius 2 is 1.84 bits per heavy atom. The Labute approximate surface area is 116 Å². The SMILES string of the molecule is O=C(O)Cc1ccc(CNCCc2ccsc2)cc1. The number of carbonyl (C=O) groups is 1. The maximum Gasteiger partial charge on any atom is 0.307 e. The molecular weight excluding hydrogens is 258 g/mol. The molecule has 0 saturated carbocycles. The summed E-state index contributed by atoms with van der Waals surface area (Å²) in [4.78, 5) is 10.6. The van der Waals surface area contributed by atoms with E-state index in [0.29, 0.717) is 0 Å². The standard InChI is InChI=1S/C15H17NO2S/c17-15(18)9-12-1-3-13(4-2-12)10-16-7-5-14-6-8-19-11-14/h1-4,6,8,11,16H,5,7,9-10H2,(H,17,18). The molecule has 0 saturated heterocycles. The Bertz CT molecular complexity index is 505. The average Bonchev–Trinajstić information content (AvgIpc) is 2.89. The van der Waals surface area contributed by atoms with Crippen LogP contribution in [0.4, 0.5) is 0 Å². The molecule has 100 valence electrons. The van der Waals surface area contributed by atoms with Crippen LogP contribution < -0.4 is 5.32 Å². The molecule has 2 rings (SSSR count). The summed E-state index contributed by atoms with van der Waals surface area (Å²) in [5.41, 5.74) is 3.39. The largest absolute Gasteiger partial charge is 0.481 e. The van der Waals surface area contributed by atoms with E-state index in [1.807, 2.05) is 24.3 Å². The lowest BCUT2D eigenvalue weighted by Crippen LogP contribution is -2.16. The Morgan fingerprint density at radius 1 is 1.11 bits per heavy atom. The highest BCUT2D eigenvalue weighted by molar-refractivity contribution is 7.07. The predicted octanol–water partition coefficient (Wildman–Crippen LogP) is 2.71. The number of aliphatic carboxylic acids is 1. The van der Waals surface area contributed by atoms with Crippen molar-refractivity contribution in [2.75, 3.05) is 6.54 Å². The van der Waals surface area contributed by atoms with Crippen LogP contribution in [0.5, 0.6) is 0 Å². The van der Waals surface area contributed by atoms with Crippen LogP contribution in [0.1, 0.15) is 16.7 Å². The molecule has 4 heteroatoms. The molecule has 1 aromatic heterocycles. The molecule has 3 nitrogen and oxygen atoms in total. The van der Waals surface area contributed by atoms with Crippen LogP contribution in [0.15, 0.2) is 41.1 Å². The van der Waals surface area contributed by atoms with Crippen LogP contribution in [-0.4, -0.2) is 17.6 Å². The molecule has 0 amide bonds. The van der Waals surface area contributed by atoms with E-state index in [1.165, 1.54) is 11.1 Å². The van der Waals surface area contributed by atoms with Gasteiger partial charge in [0.2, 0.25) is 0 Å². The highest BCUT2D eigenvalue weighted by atomic mass is 32.1. The summed E-state index contributed by atoms with van der Waals surface area (Å²) in [7, 11) is 0. The van der Waals surface area contributed by atoms with E-state index in [-0.39, 0.29) is 6.42 Å². The molecule has 0 radical (unpaired) electrons. The fourth-order valence-electron chi connectivity index (χ4n) is 1.85. The summed E-state index contributed by atoms with van der Waals surface area (Å²) in [5, 5.41) is 16.3. The molecule has 0 atom stereocenters. The summed E-state index contributed by atoms with van der Waals surface area (Å²) in [6, 6.07) is 9.87. The molecular formula is C15H17NO2S. The van der Waals surface area contributed by atoms with Gasteiger partial charge in [0, 0.05) is 6.54 Å². The first-order valence-electron chi connectivity index (χ1n) is 6.25. The molecule has 2 aromatic rings. The molecule has 0 fully saturated rings. The van der Waals surface area contributed by atoms with Gasteiger partial charge in [-0.1, -0.05) is 24.3 Å². The minimum Gasteiger partial charge on any atom is -0.481 e. The zero-order valence-corrected chi connectivity index (χ0v) is 11.5. The van der Waals surface area contributed by atoms with Crippen LogP contribution in [0.2, 0.25) is 0 Å². The average molecular weight is 275 g/mol. The summed E-state index contributed by atoms with van der Waals surface area (Å²) >= 11 is 1.72. The molecule has 1 heterocycles. The van der Waals surface area contributed by atoms with Crippen molar-refractivity contribution in [1.29, 1.82) is 0 Å². The maximum absolute atomic E-state index is 10.6. The highest BCUT2D eigenvalue weighted by Crippen LogP contribution is 2.07. The van der Waals surface area contributed by atoms with Gasteiger partial charge in [0.25, 0.3) is 0 Å². The third-order valence-corrected chi connectivity index (χ3v) is 3.61. The van der Waals surface area contributed by atoms with Gasteiger partial charge in [-0.3, -0.25) is 4.79 Å². The van der Waals surface area contributed by atoms with Gasteiger partial charge in [-0.15, -0.1) is 0 Å². The fraction of sp³-hybridized carbons (Fsp3) is 0.267. The van der Waals surface area contributed by atoms with Gasteiger partial charge in [-0.25, -0.2) is 0 Å². The second-order valence-electron chi connectivity index (χ2n) is 4.45. The van der Waals surface area contributed by atoms with Crippen molar-refractivity contribution in [2.24, 2.45) is 0 Å². The Kier molecular flexibility index (Phi) is 5.12. The van der Waals surface area contributed by atoms with Gasteiger partial charge >= 0.3 is 5.97 Å². The lowest BCUT2D eigenvalue weighted by Gasteiger charge is -2.05. The minimum absolute atomic E-state index is 0.0892.